The number of methoxy groups -OCH3 is 1. The highest BCUT2D eigenvalue weighted by atomic mass is 16.5. The van der Waals surface area contributed by atoms with E-state index in [0.717, 1.165) is 16.9 Å². The van der Waals surface area contributed by atoms with Crippen molar-refractivity contribution >= 4 is 18.7 Å². The second-order valence-corrected chi connectivity index (χ2v) is 6.04. The first-order valence-electron chi connectivity index (χ1n) is 8.30. The van der Waals surface area contributed by atoms with Crippen LogP contribution in [0.15, 0.2) is 36.4 Å². The van der Waals surface area contributed by atoms with E-state index >= 15 is 0 Å². The van der Waals surface area contributed by atoms with Gasteiger partial charge in [0.2, 0.25) is 0 Å². The minimum Gasteiger partial charge on any atom is -0.508 e. The highest BCUT2D eigenvalue weighted by Crippen LogP contribution is 2.16. The van der Waals surface area contributed by atoms with Crippen molar-refractivity contribution < 1.29 is 29.5 Å². The molecular weight excluding hydrogens is 347 g/mol. The predicted octanol–water partition coefficient (Wildman–Crippen LogP) is 3.20. The molecule has 0 saturated heterocycles. The molecule has 0 fully saturated rings. The molecule has 7 heteroatoms. The van der Waals surface area contributed by atoms with Crippen LogP contribution in [0.4, 0.5) is 0 Å². The lowest BCUT2D eigenvalue weighted by atomic mass is 9.99. The Morgan fingerprint density at radius 2 is 1.26 bits per heavy atom. The normalized spacial score (nSPS) is 9.19. The number of rotatable bonds is 3. The minimum absolute atomic E-state index is 0.0241. The van der Waals surface area contributed by atoms with Crippen molar-refractivity contribution in [2.24, 2.45) is 0 Å². The van der Waals surface area contributed by atoms with Crippen LogP contribution in [-0.2, 0) is 0 Å². The molecule has 0 unspecified atom stereocenters. The average Bonchev–Trinajstić information content (AvgIpc) is 2.53. The molecule has 0 aromatic heterocycles. The van der Waals surface area contributed by atoms with Crippen molar-refractivity contribution in [2.45, 2.75) is 34.5 Å². The largest absolute Gasteiger partial charge is 0.508 e. The van der Waals surface area contributed by atoms with Gasteiger partial charge in [-0.05, 0) is 82.0 Å². The summed E-state index contributed by atoms with van der Waals surface area (Å²) in [5.74, 6) is 0.927. The van der Waals surface area contributed by atoms with Crippen LogP contribution in [0.1, 0.15) is 45.7 Å². The molecule has 2 rings (SSSR count). The fourth-order valence-electron chi connectivity index (χ4n) is 2.04. The van der Waals surface area contributed by atoms with Gasteiger partial charge in [0, 0.05) is 11.1 Å². The Kier molecular flexibility index (Phi) is 10.7. The first kappa shape index (κ1) is 24.4. The molecule has 0 saturated carbocycles. The maximum Gasteiger partial charge on any atom is 0.448 e. The third kappa shape index (κ3) is 10.8. The molecule has 3 N–H and O–H groups in total. The van der Waals surface area contributed by atoms with Crippen LogP contribution in [0.2, 0.25) is 6.82 Å². The van der Waals surface area contributed by atoms with E-state index < -0.39 is 7.12 Å². The highest BCUT2D eigenvalue weighted by Gasteiger charge is 2.02. The molecule has 0 atom stereocenters. The van der Waals surface area contributed by atoms with Gasteiger partial charge < -0.3 is 19.9 Å². The number of ketones is 2. The standard InChI is InChI=1S/C10H12O2.C9H10O2.CH5BO2/c1-7-4-9(8(2)11)6-10(5-7)12-3;1-6-3-8(7(2)10)5-9(11)4-6;1-2(3)4/h4-6H,1-3H3;3-5,11H,1-2H3;3-4H,1H3. The van der Waals surface area contributed by atoms with Gasteiger partial charge in [-0.1, -0.05) is 0 Å². The number of aromatic hydroxyl groups is 1. The van der Waals surface area contributed by atoms with Gasteiger partial charge in [0.05, 0.1) is 7.11 Å². The van der Waals surface area contributed by atoms with E-state index in [4.69, 9.17) is 19.9 Å². The summed E-state index contributed by atoms with van der Waals surface area (Å²) >= 11 is 0. The third-order valence-electron chi connectivity index (χ3n) is 3.16. The first-order valence-corrected chi connectivity index (χ1v) is 8.30. The number of ether oxygens (including phenoxy) is 1. The molecule has 2 aromatic carbocycles. The zero-order valence-corrected chi connectivity index (χ0v) is 16.6. The number of phenols is 1. The number of hydrogen-bond donors (Lipinski definition) is 3. The molecular formula is C20H27BO6. The summed E-state index contributed by atoms with van der Waals surface area (Å²) in [5.41, 5.74) is 3.20. The number of Topliss-reactive ketones (excluding diaryl/α,β-unsaturated/α-hetero) is 2. The van der Waals surface area contributed by atoms with Crippen LogP contribution in [0.5, 0.6) is 11.5 Å². The molecule has 6 nitrogen and oxygen atoms in total. The van der Waals surface area contributed by atoms with Crippen molar-refractivity contribution in [1.82, 2.24) is 0 Å². The van der Waals surface area contributed by atoms with E-state index in [-0.39, 0.29) is 17.3 Å². The molecule has 0 aliphatic carbocycles. The summed E-state index contributed by atoms with van der Waals surface area (Å²) in [6.07, 6.45) is 0. The number of hydrogen-bond acceptors (Lipinski definition) is 6. The van der Waals surface area contributed by atoms with Crippen LogP contribution in [0.25, 0.3) is 0 Å². The maximum absolute atomic E-state index is 11.0. The van der Waals surface area contributed by atoms with E-state index in [0.29, 0.717) is 11.1 Å². The predicted molar refractivity (Wildman–Crippen MR) is 107 cm³/mol. The van der Waals surface area contributed by atoms with Gasteiger partial charge in [0.1, 0.15) is 11.5 Å². The van der Waals surface area contributed by atoms with E-state index in [9.17, 15) is 9.59 Å². The maximum atomic E-state index is 11.0. The van der Waals surface area contributed by atoms with Crippen LogP contribution >= 0.6 is 0 Å². The zero-order valence-electron chi connectivity index (χ0n) is 16.6. The lowest BCUT2D eigenvalue weighted by Crippen LogP contribution is -2.00. The van der Waals surface area contributed by atoms with Crippen molar-refractivity contribution in [1.29, 1.82) is 0 Å². The summed E-state index contributed by atoms with van der Waals surface area (Å²) in [4.78, 5) is 21.8. The fourth-order valence-corrected chi connectivity index (χ4v) is 2.04. The molecule has 0 heterocycles. The zero-order chi connectivity index (χ0) is 21.1. The van der Waals surface area contributed by atoms with Gasteiger partial charge in [0.25, 0.3) is 0 Å². The Morgan fingerprint density at radius 1 is 0.852 bits per heavy atom. The van der Waals surface area contributed by atoms with Gasteiger partial charge in [0.15, 0.2) is 11.6 Å². The molecule has 146 valence electrons. The topological polar surface area (TPSA) is 104 Å². The van der Waals surface area contributed by atoms with Gasteiger partial charge >= 0.3 is 7.12 Å². The second-order valence-electron chi connectivity index (χ2n) is 6.04. The van der Waals surface area contributed by atoms with Crippen molar-refractivity contribution in [2.75, 3.05) is 7.11 Å². The number of carbonyl (C=O) groups is 2. The molecule has 0 bridgehead atoms. The van der Waals surface area contributed by atoms with Gasteiger partial charge in [-0.25, -0.2) is 0 Å². The van der Waals surface area contributed by atoms with Crippen LogP contribution in [-0.4, -0.2) is 40.9 Å². The number of aryl methyl sites for hydroxylation is 2. The quantitative estimate of drug-likeness (QED) is 0.563. The van der Waals surface area contributed by atoms with Gasteiger partial charge in [-0.3, -0.25) is 9.59 Å². The van der Waals surface area contributed by atoms with Crippen LogP contribution in [0.3, 0.4) is 0 Å². The Hall–Kier alpha value is -2.64. The second kappa shape index (κ2) is 11.9. The number of benzene rings is 2. The van der Waals surface area contributed by atoms with Crippen molar-refractivity contribution in [3.05, 3.63) is 58.7 Å². The molecule has 0 spiro atoms. The molecule has 0 aliphatic heterocycles. The number of phenolic OH excluding ortho intramolecular Hbond substituents is 1. The van der Waals surface area contributed by atoms with Crippen molar-refractivity contribution in [3.63, 3.8) is 0 Å². The summed E-state index contributed by atoms with van der Waals surface area (Å²) in [5, 5.41) is 24.3. The Bertz CT molecular complexity index is 748. The van der Waals surface area contributed by atoms with E-state index in [1.54, 1.807) is 32.2 Å². The molecule has 0 amide bonds. The van der Waals surface area contributed by atoms with E-state index in [1.165, 1.54) is 19.8 Å². The minimum atomic E-state index is -1.17. The smallest absolute Gasteiger partial charge is 0.448 e. The van der Waals surface area contributed by atoms with E-state index in [2.05, 4.69) is 0 Å². The lowest BCUT2D eigenvalue weighted by molar-refractivity contribution is 0.100. The lowest BCUT2D eigenvalue weighted by Gasteiger charge is -2.03. The van der Waals surface area contributed by atoms with Gasteiger partial charge in [-0.15, -0.1) is 0 Å². The molecule has 2 aromatic rings. The molecule has 27 heavy (non-hydrogen) atoms. The monoisotopic (exact) mass is 374 g/mol. The molecule has 0 aliphatic rings. The Balaban J connectivity index is 0.000000421. The van der Waals surface area contributed by atoms with Crippen molar-refractivity contribution in [3.8, 4) is 11.5 Å². The average molecular weight is 374 g/mol. The third-order valence-corrected chi connectivity index (χ3v) is 3.16. The highest BCUT2D eigenvalue weighted by molar-refractivity contribution is 6.38. The first-order chi connectivity index (χ1) is 12.5. The van der Waals surface area contributed by atoms with E-state index in [1.807, 2.05) is 26.0 Å². The SMILES string of the molecule is CB(O)O.CC(=O)c1cc(C)cc(O)c1.COc1cc(C)cc(C(C)=O)c1. The van der Waals surface area contributed by atoms with Crippen LogP contribution in [0, 0.1) is 13.8 Å². The Morgan fingerprint density at radius 3 is 1.63 bits per heavy atom. The number of carbonyl (C=O) groups excluding carboxylic acids is 2. The van der Waals surface area contributed by atoms with Gasteiger partial charge in [-0.2, -0.15) is 0 Å². The summed E-state index contributed by atoms with van der Waals surface area (Å²) < 4.78 is 5.03. The summed E-state index contributed by atoms with van der Waals surface area (Å²) in [6, 6.07) is 10.3. The fraction of sp³-hybridized carbons (Fsp3) is 0.300. The molecule has 0 radical (unpaired) electrons. The summed E-state index contributed by atoms with van der Waals surface area (Å²) in [6.45, 7) is 8.09. The van der Waals surface area contributed by atoms with Crippen LogP contribution < -0.4 is 4.74 Å². The Labute approximate surface area is 160 Å². The summed E-state index contributed by atoms with van der Waals surface area (Å²) in [7, 11) is 0.429.